The maximum atomic E-state index is 12.2. The number of nitrogen functional groups attached to an aromatic ring is 1. The van der Waals surface area contributed by atoms with Gasteiger partial charge in [-0.3, -0.25) is 9.48 Å². The smallest absolute Gasteiger partial charge is 0.261 e. The van der Waals surface area contributed by atoms with Crippen LogP contribution in [0.1, 0.15) is 21.5 Å². The Hall–Kier alpha value is -1.82. The molecule has 1 heterocycles. The van der Waals surface area contributed by atoms with Crippen molar-refractivity contribution in [1.29, 1.82) is 0 Å². The van der Waals surface area contributed by atoms with Crippen LogP contribution in [0.25, 0.3) is 0 Å². The normalized spacial score (nSPS) is 10.5. The minimum absolute atomic E-state index is 0.251. The van der Waals surface area contributed by atoms with Gasteiger partial charge < -0.3 is 11.1 Å². The summed E-state index contributed by atoms with van der Waals surface area (Å²) in [6.45, 7) is 3.89. The van der Waals surface area contributed by atoms with E-state index in [9.17, 15) is 4.79 Å². The van der Waals surface area contributed by atoms with Crippen molar-refractivity contribution < 1.29 is 4.79 Å². The van der Waals surface area contributed by atoms with Gasteiger partial charge in [0.2, 0.25) is 0 Å². The van der Waals surface area contributed by atoms with Crippen LogP contribution in [0.5, 0.6) is 0 Å². The molecule has 19 heavy (non-hydrogen) atoms. The quantitative estimate of drug-likeness (QED) is 0.892. The minimum Gasteiger partial charge on any atom is -0.383 e. The monoisotopic (exact) mass is 322 g/mol. The SMILES string of the molecule is Cc1cc(Br)cc(C)c1NC(=O)c1cnn(C)c1N. The van der Waals surface area contributed by atoms with Crippen LogP contribution in [-0.2, 0) is 7.05 Å². The summed E-state index contributed by atoms with van der Waals surface area (Å²) in [6.07, 6.45) is 1.47. The molecular formula is C13H15BrN4O. The number of amides is 1. The predicted octanol–water partition coefficient (Wildman–Crippen LogP) is 2.63. The van der Waals surface area contributed by atoms with Gasteiger partial charge in [-0.1, -0.05) is 15.9 Å². The second-order valence-electron chi connectivity index (χ2n) is 4.44. The van der Waals surface area contributed by atoms with Crippen LogP contribution < -0.4 is 11.1 Å². The molecule has 2 rings (SSSR count). The van der Waals surface area contributed by atoms with Gasteiger partial charge in [-0.15, -0.1) is 0 Å². The number of hydrogen-bond acceptors (Lipinski definition) is 3. The number of rotatable bonds is 2. The second kappa shape index (κ2) is 5.05. The number of hydrogen-bond donors (Lipinski definition) is 2. The van der Waals surface area contributed by atoms with Crippen LogP contribution in [0.3, 0.4) is 0 Å². The molecule has 0 unspecified atom stereocenters. The number of carbonyl (C=O) groups excluding carboxylic acids is 1. The van der Waals surface area contributed by atoms with Crippen molar-refractivity contribution in [1.82, 2.24) is 9.78 Å². The number of anilines is 2. The Kier molecular flexibility index (Phi) is 3.61. The van der Waals surface area contributed by atoms with E-state index in [0.29, 0.717) is 11.4 Å². The molecular weight excluding hydrogens is 308 g/mol. The Bertz CT molecular complexity index is 625. The van der Waals surface area contributed by atoms with Gasteiger partial charge in [-0.05, 0) is 37.1 Å². The molecule has 0 aliphatic rings. The fourth-order valence-corrected chi connectivity index (χ4v) is 2.60. The van der Waals surface area contributed by atoms with Crippen LogP contribution in [0.15, 0.2) is 22.8 Å². The molecule has 0 spiro atoms. The van der Waals surface area contributed by atoms with E-state index >= 15 is 0 Å². The summed E-state index contributed by atoms with van der Waals surface area (Å²) < 4.78 is 2.46. The van der Waals surface area contributed by atoms with Crippen LogP contribution in [0.2, 0.25) is 0 Å². The van der Waals surface area contributed by atoms with Gasteiger partial charge in [0.05, 0.1) is 6.20 Å². The van der Waals surface area contributed by atoms with Crippen LogP contribution >= 0.6 is 15.9 Å². The lowest BCUT2D eigenvalue weighted by atomic mass is 10.1. The number of nitrogens with zero attached hydrogens (tertiary/aromatic N) is 2. The molecule has 0 atom stereocenters. The fraction of sp³-hybridized carbons (Fsp3) is 0.231. The molecule has 6 heteroatoms. The first-order valence-corrected chi connectivity index (χ1v) is 6.55. The summed E-state index contributed by atoms with van der Waals surface area (Å²) in [5.41, 5.74) is 8.95. The van der Waals surface area contributed by atoms with E-state index in [0.717, 1.165) is 21.3 Å². The van der Waals surface area contributed by atoms with Crippen molar-refractivity contribution in [2.75, 3.05) is 11.1 Å². The van der Waals surface area contributed by atoms with Crippen LogP contribution in [0, 0.1) is 13.8 Å². The van der Waals surface area contributed by atoms with Gasteiger partial charge in [0.25, 0.3) is 5.91 Å². The molecule has 0 bridgehead atoms. The predicted molar refractivity (Wildman–Crippen MR) is 79.2 cm³/mol. The number of aromatic nitrogens is 2. The van der Waals surface area contributed by atoms with Gasteiger partial charge in [0, 0.05) is 17.2 Å². The summed E-state index contributed by atoms with van der Waals surface area (Å²) in [7, 11) is 1.70. The van der Waals surface area contributed by atoms with Crippen molar-refractivity contribution in [2.24, 2.45) is 7.05 Å². The van der Waals surface area contributed by atoms with E-state index < -0.39 is 0 Å². The third-order valence-electron chi connectivity index (χ3n) is 2.97. The van der Waals surface area contributed by atoms with E-state index in [-0.39, 0.29) is 5.91 Å². The molecule has 100 valence electrons. The van der Waals surface area contributed by atoms with Crippen molar-refractivity contribution in [2.45, 2.75) is 13.8 Å². The maximum Gasteiger partial charge on any atom is 0.261 e. The molecule has 3 N–H and O–H groups in total. The standard InChI is InChI=1S/C13H15BrN4O/c1-7-4-9(14)5-8(2)11(7)17-13(19)10-6-16-18(3)12(10)15/h4-6H,15H2,1-3H3,(H,17,19). The van der Waals surface area contributed by atoms with E-state index in [2.05, 4.69) is 26.3 Å². The highest BCUT2D eigenvalue weighted by atomic mass is 79.9. The van der Waals surface area contributed by atoms with E-state index in [1.54, 1.807) is 7.05 Å². The maximum absolute atomic E-state index is 12.2. The highest BCUT2D eigenvalue weighted by Crippen LogP contribution is 2.26. The zero-order valence-corrected chi connectivity index (χ0v) is 12.6. The number of carbonyl (C=O) groups is 1. The van der Waals surface area contributed by atoms with Gasteiger partial charge in [-0.2, -0.15) is 5.10 Å². The molecule has 0 saturated heterocycles. The summed E-state index contributed by atoms with van der Waals surface area (Å²) >= 11 is 3.43. The highest BCUT2D eigenvalue weighted by molar-refractivity contribution is 9.10. The summed E-state index contributed by atoms with van der Waals surface area (Å²) in [4.78, 5) is 12.2. The molecule has 0 aliphatic heterocycles. The van der Waals surface area contributed by atoms with Crippen molar-refractivity contribution in [3.8, 4) is 0 Å². The molecule has 0 aliphatic carbocycles. The third-order valence-corrected chi connectivity index (χ3v) is 3.42. The van der Waals surface area contributed by atoms with Crippen molar-refractivity contribution in [3.63, 3.8) is 0 Å². The van der Waals surface area contributed by atoms with Crippen molar-refractivity contribution in [3.05, 3.63) is 39.5 Å². The second-order valence-corrected chi connectivity index (χ2v) is 5.35. The lowest BCUT2D eigenvalue weighted by Crippen LogP contribution is -2.15. The Morgan fingerprint density at radius 1 is 1.37 bits per heavy atom. The van der Waals surface area contributed by atoms with E-state index in [4.69, 9.17) is 5.73 Å². The number of benzene rings is 1. The number of nitrogens with one attached hydrogen (secondary N) is 1. The number of halogens is 1. The summed E-state index contributed by atoms with van der Waals surface area (Å²) in [5, 5.41) is 6.84. The largest absolute Gasteiger partial charge is 0.383 e. The summed E-state index contributed by atoms with van der Waals surface area (Å²) in [5.74, 6) is 0.101. The van der Waals surface area contributed by atoms with Crippen LogP contribution in [0.4, 0.5) is 11.5 Å². The highest BCUT2D eigenvalue weighted by Gasteiger charge is 2.15. The first kappa shape index (κ1) is 13.6. The molecule has 2 aromatic rings. The Morgan fingerprint density at radius 3 is 2.42 bits per heavy atom. The van der Waals surface area contributed by atoms with Gasteiger partial charge in [0.15, 0.2) is 0 Å². The van der Waals surface area contributed by atoms with Gasteiger partial charge in [0.1, 0.15) is 11.4 Å². The summed E-state index contributed by atoms with van der Waals surface area (Å²) in [6, 6.07) is 3.91. The molecule has 0 fully saturated rings. The molecule has 5 nitrogen and oxygen atoms in total. The van der Waals surface area contributed by atoms with Crippen molar-refractivity contribution >= 4 is 33.3 Å². The first-order valence-electron chi connectivity index (χ1n) is 5.75. The van der Waals surface area contributed by atoms with Gasteiger partial charge in [-0.25, -0.2) is 0 Å². The average molecular weight is 323 g/mol. The zero-order valence-electron chi connectivity index (χ0n) is 11.0. The fourth-order valence-electron chi connectivity index (χ4n) is 1.91. The topological polar surface area (TPSA) is 72.9 Å². The number of nitrogens with two attached hydrogens (primary N) is 1. The lowest BCUT2D eigenvalue weighted by Gasteiger charge is -2.12. The zero-order chi connectivity index (χ0) is 14.2. The molecule has 0 radical (unpaired) electrons. The molecule has 1 aromatic carbocycles. The Labute approximate surface area is 119 Å². The first-order chi connectivity index (χ1) is 8.90. The molecule has 1 aromatic heterocycles. The number of aryl methyl sites for hydroxylation is 3. The van der Waals surface area contributed by atoms with E-state index in [1.807, 2.05) is 26.0 Å². The molecule has 0 saturated carbocycles. The third kappa shape index (κ3) is 2.63. The van der Waals surface area contributed by atoms with Gasteiger partial charge >= 0.3 is 0 Å². The Morgan fingerprint density at radius 2 is 1.95 bits per heavy atom. The van der Waals surface area contributed by atoms with Crippen LogP contribution in [-0.4, -0.2) is 15.7 Å². The lowest BCUT2D eigenvalue weighted by molar-refractivity contribution is 0.102. The minimum atomic E-state index is -0.251. The average Bonchev–Trinajstić information content (AvgIpc) is 2.64. The Balaban J connectivity index is 2.32. The van der Waals surface area contributed by atoms with E-state index in [1.165, 1.54) is 10.9 Å². The molecule has 1 amide bonds.